The lowest BCUT2D eigenvalue weighted by molar-refractivity contribution is -0.115. The van der Waals surface area contributed by atoms with E-state index in [1.165, 1.54) is 0 Å². The van der Waals surface area contributed by atoms with Gasteiger partial charge in [0.05, 0.1) is 36.9 Å². The minimum Gasteiger partial charge on any atom is -0.383 e. The molecule has 0 aliphatic rings. The third kappa shape index (κ3) is 3.87. The predicted molar refractivity (Wildman–Crippen MR) is 74.7 cm³/mol. The zero-order valence-electron chi connectivity index (χ0n) is 11.2. The van der Waals surface area contributed by atoms with Gasteiger partial charge in [0, 0.05) is 13.7 Å². The molecule has 1 aromatic heterocycles. The molecule has 0 atom stereocenters. The summed E-state index contributed by atoms with van der Waals surface area (Å²) in [5.41, 5.74) is 1.46. The lowest BCUT2D eigenvalue weighted by Gasteiger charge is -2.10. The van der Waals surface area contributed by atoms with Crippen LogP contribution in [0.1, 0.15) is 0 Å². The highest BCUT2D eigenvalue weighted by Gasteiger charge is 2.08. The van der Waals surface area contributed by atoms with Gasteiger partial charge in [0.2, 0.25) is 5.91 Å². The van der Waals surface area contributed by atoms with Gasteiger partial charge in [-0.2, -0.15) is 0 Å². The van der Waals surface area contributed by atoms with Crippen LogP contribution in [-0.4, -0.2) is 47.7 Å². The van der Waals surface area contributed by atoms with E-state index in [2.05, 4.69) is 20.9 Å². The van der Waals surface area contributed by atoms with E-state index in [1.54, 1.807) is 24.2 Å². The largest absolute Gasteiger partial charge is 0.383 e. The fourth-order valence-corrected chi connectivity index (χ4v) is 1.69. The normalized spacial score (nSPS) is 10.4. The number of methoxy groups -OCH3 is 1. The Bertz CT molecular complexity index is 541. The summed E-state index contributed by atoms with van der Waals surface area (Å²) in [4.78, 5) is 11.8. The third-order valence-electron chi connectivity index (χ3n) is 2.62. The van der Waals surface area contributed by atoms with Gasteiger partial charge in [-0.05, 0) is 12.1 Å². The molecule has 0 fully saturated rings. The first-order valence-electron chi connectivity index (χ1n) is 6.26. The molecule has 0 aliphatic carbocycles. The van der Waals surface area contributed by atoms with Gasteiger partial charge in [0.15, 0.2) is 0 Å². The highest BCUT2D eigenvalue weighted by molar-refractivity contribution is 5.94. The molecular weight excluding hydrogens is 258 g/mol. The average molecular weight is 275 g/mol. The van der Waals surface area contributed by atoms with Crippen LogP contribution in [0.3, 0.4) is 0 Å². The Balaban J connectivity index is 1.97. The molecular formula is C13H17N5O2. The molecule has 2 N–H and O–H groups in total. The van der Waals surface area contributed by atoms with E-state index in [0.717, 1.165) is 5.69 Å². The molecule has 0 radical (unpaired) electrons. The summed E-state index contributed by atoms with van der Waals surface area (Å²) in [5.74, 6) is -0.117. The van der Waals surface area contributed by atoms with Crippen molar-refractivity contribution in [1.82, 2.24) is 20.3 Å². The molecule has 0 aliphatic heterocycles. The van der Waals surface area contributed by atoms with E-state index in [0.29, 0.717) is 18.8 Å². The quantitative estimate of drug-likeness (QED) is 0.717. The summed E-state index contributed by atoms with van der Waals surface area (Å²) in [6, 6.07) is 7.42. The molecule has 1 heterocycles. The second-order valence-corrected chi connectivity index (χ2v) is 4.08. The first kappa shape index (κ1) is 14.2. The van der Waals surface area contributed by atoms with Crippen molar-refractivity contribution in [3.8, 4) is 5.69 Å². The van der Waals surface area contributed by atoms with E-state index in [9.17, 15) is 4.79 Å². The Morgan fingerprint density at radius 1 is 1.40 bits per heavy atom. The summed E-state index contributed by atoms with van der Waals surface area (Å²) in [6.45, 7) is 1.44. The van der Waals surface area contributed by atoms with Crippen molar-refractivity contribution in [1.29, 1.82) is 0 Å². The number of nitrogens with zero attached hydrogens (tertiary/aromatic N) is 3. The Hall–Kier alpha value is -2.25. The maximum absolute atomic E-state index is 11.8. The number of carbonyl (C=O) groups excluding carboxylic acids is 1. The average Bonchev–Trinajstić information content (AvgIpc) is 2.98. The summed E-state index contributed by atoms with van der Waals surface area (Å²) in [7, 11) is 1.62. The van der Waals surface area contributed by atoms with Crippen LogP contribution in [0.25, 0.3) is 5.69 Å². The first-order chi connectivity index (χ1) is 9.81. The van der Waals surface area contributed by atoms with Gasteiger partial charge in [-0.25, -0.2) is 4.68 Å². The zero-order valence-corrected chi connectivity index (χ0v) is 11.2. The zero-order chi connectivity index (χ0) is 14.2. The fourth-order valence-electron chi connectivity index (χ4n) is 1.69. The second-order valence-electron chi connectivity index (χ2n) is 4.08. The van der Waals surface area contributed by atoms with Crippen molar-refractivity contribution < 1.29 is 9.53 Å². The Kier molecular flexibility index (Phi) is 5.22. The van der Waals surface area contributed by atoms with Gasteiger partial charge < -0.3 is 15.4 Å². The number of carbonyl (C=O) groups is 1. The first-order valence-corrected chi connectivity index (χ1v) is 6.26. The van der Waals surface area contributed by atoms with Crippen LogP contribution in [0, 0.1) is 0 Å². The molecule has 2 aromatic rings. The smallest absolute Gasteiger partial charge is 0.238 e. The van der Waals surface area contributed by atoms with Crippen LogP contribution in [0.15, 0.2) is 36.7 Å². The Labute approximate surface area is 116 Å². The van der Waals surface area contributed by atoms with Crippen molar-refractivity contribution in [3.63, 3.8) is 0 Å². The molecule has 0 bridgehead atoms. The van der Waals surface area contributed by atoms with E-state index < -0.39 is 0 Å². The molecule has 0 saturated heterocycles. The van der Waals surface area contributed by atoms with E-state index in [-0.39, 0.29) is 12.5 Å². The maximum atomic E-state index is 11.8. The van der Waals surface area contributed by atoms with Gasteiger partial charge in [-0.3, -0.25) is 4.79 Å². The minimum absolute atomic E-state index is 0.117. The molecule has 2 rings (SSSR count). The highest BCUT2D eigenvalue weighted by Crippen LogP contribution is 2.18. The Morgan fingerprint density at radius 3 is 3.00 bits per heavy atom. The maximum Gasteiger partial charge on any atom is 0.238 e. The van der Waals surface area contributed by atoms with Crippen LogP contribution in [0.4, 0.5) is 5.69 Å². The standard InChI is InChI=1S/C13H17N5O2/c1-20-9-7-14-10-13(19)16-11-4-2-3-5-12(11)18-8-6-15-17-18/h2-6,8,14H,7,9-10H2,1H3,(H,16,19). The number of nitrogens with one attached hydrogen (secondary N) is 2. The molecule has 0 saturated carbocycles. The SMILES string of the molecule is COCCNCC(=O)Nc1ccccc1-n1ccnn1. The van der Waals surface area contributed by atoms with Crippen molar-refractivity contribution in [2.24, 2.45) is 0 Å². The van der Waals surface area contributed by atoms with Gasteiger partial charge in [-0.15, -0.1) is 5.10 Å². The van der Waals surface area contributed by atoms with Gasteiger partial charge in [-0.1, -0.05) is 17.3 Å². The van der Waals surface area contributed by atoms with Gasteiger partial charge in [0.1, 0.15) is 0 Å². The number of anilines is 1. The molecule has 0 unspecified atom stereocenters. The van der Waals surface area contributed by atoms with Crippen molar-refractivity contribution >= 4 is 11.6 Å². The number of amides is 1. The number of rotatable bonds is 7. The number of para-hydroxylation sites is 2. The molecule has 1 amide bonds. The van der Waals surface area contributed by atoms with Crippen LogP contribution in [-0.2, 0) is 9.53 Å². The number of hydrogen-bond acceptors (Lipinski definition) is 5. The van der Waals surface area contributed by atoms with Crippen molar-refractivity contribution in [2.45, 2.75) is 0 Å². The van der Waals surface area contributed by atoms with Crippen molar-refractivity contribution in [3.05, 3.63) is 36.7 Å². The number of benzene rings is 1. The summed E-state index contributed by atoms with van der Waals surface area (Å²) >= 11 is 0. The lowest BCUT2D eigenvalue weighted by atomic mass is 10.2. The monoisotopic (exact) mass is 275 g/mol. The van der Waals surface area contributed by atoms with Crippen LogP contribution in [0.5, 0.6) is 0 Å². The minimum atomic E-state index is -0.117. The number of ether oxygens (including phenoxy) is 1. The highest BCUT2D eigenvalue weighted by atomic mass is 16.5. The van der Waals surface area contributed by atoms with E-state index in [4.69, 9.17) is 4.74 Å². The fraction of sp³-hybridized carbons (Fsp3) is 0.308. The molecule has 7 nitrogen and oxygen atoms in total. The molecule has 0 spiro atoms. The van der Waals surface area contributed by atoms with Crippen LogP contribution < -0.4 is 10.6 Å². The van der Waals surface area contributed by atoms with Gasteiger partial charge >= 0.3 is 0 Å². The van der Waals surface area contributed by atoms with E-state index >= 15 is 0 Å². The van der Waals surface area contributed by atoms with E-state index in [1.807, 2.05) is 24.3 Å². The molecule has 106 valence electrons. The lowest BCUT2D eigenvalue weighted by Crippen LogP contribution is -2.30. The Morgan fingerprint density at radius 2 is 2.25 bits per heavy atom. The summed E-state index contributed by atoms with van der Waals surface area (Å²) in [5, 5.41) is 13.5. The topological polar surface area (TPSA) is 81.1 Å². The number of hydrogen-bond donors (Lipinski definition) is 2. The summed E-state index contributed by atoms with van der Waals surface area (Å²) in [6.07, 6.45) is 3.31. The number of aromatic nitrogens is 3. The second kappa shape index (κ2) is 7.37. The van der Waals surface area contributed by atoms with Crippen molar-refractivity contribution in [2.75, 3.05) is 32.1 Å². The predicted octanol–water partition coefficient (Wildman–Crippen LogP) is 0.442. The van der Waals surface area contributed by atoms with Gasteiger partial charge in [0.25, 0.3) is 0 Å². The molecule has 7 heteroatoms. The summed E-state index contributed by atoms with van der Waals surface area (Å²) < 4.78 is 6.50. The molecule has 20 heavy (non-hydrogen) atoms. The van der Waals surface area contributed by atoms with Crippen LogP contribution in [0.2, 0.25) is 0 Å². The van der Waals surface area contributed by atoms with Crippen LogP contribution >= 0.6 is 0 Å². The third-order valence-corrected chi connectivity index (χ3v) is 2.62. The molecule has 1 aromatic carbocycles.